The van der Waals surface area contributed by atoms with Crippen LogP contribution in [0.3, 0.4) is 0 Å². The summed E-state index contributed by atoms with van der Waals surface area (Å²) < 4.78 is 11.2. The monoisotopic (exact) mass is 215 g/mol. The predicted octanol–water partition coefficient (Wildman–Crippen LogP) is 1.33. The second-order valence-electron chi connectivity index (χ2n) is 4.60. The Morgan fingerprint density at radius 2 is 1.73 bits per heavy atom. The molecule has 2 N–H and O–H groups in total. The highest BCUT2D eigenvalue weighted by Crippen LogP contribution is 2.39. The molecule has 0 bridgehead atoms. The average Bonchev–Trinajstić information content (AvgIpc) is 2.59. The zero-order chi connectivity index (χ0) is 10.9. The number of amides is 1. The van der Waals surface area contributed by atoms with Crippen LogP contribution in [0.5, 0.6) is 0 Å². The molecule has 1 aliphatic carbocycles. The number of hydrogen-bond donors (Lipinski definition) is 2. The summed E-state index contributed by atoms with van der Waals surface area (Å²) in [7, 11) is 0. The highest BCUT2D eigenvalue weighted by Gasteiger charge is 2.44. The van der Waals surface area contributed by atoms with Crippen molar-refractivity contribution in [1.82, 2.24) is 5.32 Å². The Labute approximate surface area is 88.7 Å². The first kappa shape index (κ1) is 10.7. The molecule has 0 aromatic heterocycles. The van der Waals surface area contributed by atoms with Crippen LogP contribution in [0.1, 0.15) is 32.6 Å². The fraction of sp³-hybridized carbons (Fsp3) is 0.900. The Morgan fingerprint density at radius 3 is 2.20 bits per heavy atom. The molecule has 2 fully saturated rings. The molecule has 2 aliphatic rings. The Morgan fingerprint density at radius 1 is 1.20 bits per heavy atom. The molecule has 0 aromatic rings. The van der Waals surface area contributed by atoms with Crippen molar-refractivity contribution in [2.45, 2.75) is 43.9 Å². The maximum absolute atomic E-state index is 10.6. The van der Waals surface area contributed by atoms with Gasteiger partial charge in [0.2, 0.25) is 0 Å². The van der Waals surface area contributed by atoms with E-state index in [1.165, 1.54) is 0 Å². The lowest BCUT2D eigenvalue weighted by atomic mass is 9.80. The summed E-state index contributed by atoms with van der Waals surface area (Å²) in [5.74, 6) is -0.417. The summed E-state index contributed by atoms with van der Waals surface area (Å²) in [5.41, 5.74) is -0.327. The van der Waals surface area contributed by atoms with Gasteiger partial charge in [0, 0.05) is 18.4 Å². The molecule has 0 unspecified atom stereocenters. The van der Waals surface area contributed by atoms with Crippen molar-refractivity contribution < 1.29 is 19.4 Å². The standard InChI is InChI=1S/C10H17NO4/c1-9(11-8(12)13)2-4-10(5-3-9)14-6-7-15-10/h11H,2-7H2,1H3,(H,12,13). The van der Waals surface area contributed by atoms with Crippen LogP contribution >= 0.6 is 0 Å². The van der Waals surface area contributed by atoms with E-state index >= 15 is 0 Å². The molecule has 1 spiro atoms. The first-order valence-corrected chi connectivity index (χ1v) is 5.33. The van der Waals surface area contributed by atoms with E-state index in [2.05, 4.69) is 5.32 Å². The third-order valence-corrected chi connectivity index (χ3v) is 3.34. The quantitative estimate of drug-likeness (QED) is 0.692. The lowest BCUT2D eigenvalue weighted by Gasteiger charge is -2.41. The van der Waals surface area contributed by atoms with E-state index < -0.39 is 11.9 Å². The molecule has 2 rings (SSSR count). The van der Waals surface area contributed by atoms with Gasteiger partial charge in [-0.3, -0.25) is 0 Å². The zero-order valence-electron chi connectivity index (χ0n) is 8.91. The van der Waals surface area contributed by atoms with E-state index in [0.29, 0.717) is 13.2 Å². The largest absolute Gasteiger partial charge is 0.465 e. The van der Waals surface area contributed by atoms with Crippen molar-refractivity contribution in [2.24, 2.45) is 0 Å². The Balaban J connectivity index is 1.93. The third-order valence-electron chi connectivity index (χ3n) is 3.34. The van der Waals surface area contributed by atoms with E-state index in [0.717, 1.165) is 25.7 Å². The minimum absolute atomic E-state index is 0.327. The smallest absolute Gasteiger partial charge is 0.405 e. The third kappa shape index (κ3) is 2.23. The van der Waals surface area contributed by atoms with Gasteiger partial charge in [-0.15, -0.1) is 0 Å². The van der Waals surface area contributed by atoms with Gasteiger partial charge in [0.15, 0.2) is 5.79 Å². The Bertz CT molecular complexity index is 250. The normalized spacial score (nSPS) is 27.8. The van der Waals surface area contributed by atoms with Crippen LogP contribution in [-0.2, 0) is 9.47 Å². The fourth-order valence-corrected chi connectivity index (χ4v) is 2.35. The Kier molecular flexibility index (Phi) is 2.60. The first-order chi connectivity index (χ1) is 7.04. The van der Waals surface area contributed by atoms with Crippen LogP contribution in [0.4, 0.5) is 4.79 Å². The molecule has 0 aromatic carbocycles. The van der Waals surface area contributed by atoms with Crippen molar-refractivity contribution in [1.29, 1.82) is 0 Å². The maximum atomic E-state index is 10.6. The molecule has 15 heavy (non-hydrogen) atoms. The van der Waals surface area contributed by atoms with Crippen LogP contribution in [0.15, 0.2) is 0 Å². The Hall–Kier alpha value is -0.810. The van der Waals surface area contributed by atoms with Gasteiger partial charge in [-0.05, 0) is 19.8 Å². The molecule has 1 saturated heterocycles. The van der Waals surface area contributed by atoms with E-state index in [4.69, 9.17) is 14.6 Å². The van der Waals surface area contributed by atoms with Gasteiger partial charge in [-0.1, -0.05) is 0 Å². The van der Waals surface area contributed by atoms with Gasteiger partial charge < -0.3 is 19.9 Å². The van der Waals surface area contributed by atoms with Gasteiger partial charge in [-0.25, -0.2) is 4.79 Å². The van der Waals surface area contributed by atoms with Gasteiger partial charge in [0.25, 0.3) is 0 Å². The van der Waals surface area contributed by atoms with Crippen molar-refractivity contribution >= 4 is 6.09 Å². The first-order valence-electron chi connectivity index (χ1n) is 5.33. The molecular formula is C10H17NO4. The van der Waals surface area contributed by atoms with Gasteiger partial charge >= 0.3 is 6.09 Å². The number of rotatable bonds is 1. The number of nitrogens with one attached hydrogen (secondary N) is 1. The minimum Gasteiger partial charge on any atom is -0.465 e. The SMILES string of the molecule is CC1(NC(=O)O)CCC2(CC1)OCCO2. The van der Waals surface area contributed by atoms with Crippen molar-refractivity contribution in [3.63, 3.8) is 0 Å². The van der Waals surface area contributed by atoms with Crippen molar-refractivity contribution in [3.05, 3.63) is 0 Å². The second-order valence-corrected chi connectivity index (χ2v) is 4.60. The summed E-state index contributed by atoms with van der Waals surface area (Å²) in [4.78, 5) is 10.6. The van der Waals surface area contributed by atoms with Crippen LogP contribution < -0.4 is 5.32 Å². The lowest BCUT2D eigenvalue weighted by molar-refractivity contribution is -0.184. The zero-order valence-corrected chi connectivity index (χ0v) is 8.91. The predicted molar refractivity (Wildman–Crippen MR) is 52.7 cm³/mol. The van der Waals surface area contributed by atoms with Crippen LogP contribution in [-0.4, -0.2) is 35.7 Å². The maximum Gasteiger partial charge on any atom is 0.405 e. The highest BCUT2D eigenvalue weighted by molar-refractivity contribution is 5.65. The molecule has 1 saturated carbocycles. The molecular weight excluding hydrogens is 198 g/mol. The van der Waals surface area contributed by atoms with E-state index in [1.54, 1.807) is 0 Å². The number of ether oxygens (including phenoxy) is 2. The molecule has 1 aliphatic heterocycles. The van der Waals surface area contributed by atoms with E-state index in [1.807, 2.05) is 6.92 Å². The fourth-order valence-electron chi connectivity index (χ4n) is 2.35. The highest BCUT2D eigenvalue weighted by atomic mass is 16.7. The van der Waals surface area contributed by atoms with Crippen LogP contribution in [0.25, 0.3) is 0 Å². The van der Waals surface area contributed by atoms with E-state index in [-0.39, 0.29) is 5.54 Å². The van der Waals surface area contributed by atoms with Gasteiger partial charge in [0.05, 0.1) is 13.2 Å². The number of carbonyl (C=O) groups is 1. The summed E-state index contributed by atoms with van der Waals surface area (Å²) in [6.45, 7) is 3.25. The van der Waals surface area contributed by atoms with Crippen molar-refractivity contribution in [3.8, 4) is 0 Å². The number of carboxylic acid groups (broad SMARTS) is 1. The average molecular weight is 215 g/mol. The molecule has 1 heterocycles. The molecule has 5 heteroatoms. The number of hydrogen-bond acceptors (Lipinski definition) is 3. The lowest BCUT2D eigenvalue weighted by Crippen LogP contribution is -2.51. The summed E-state index contributed by atoms with van der Waals surface area (Å²) >= 11 is 0. The second kappa shape index (κ2) is 3.64. The molecule has 5 nitrogen and oxygen atoms in total. The molecule has 1 amide bonds. The van der Waals surface area contributed by atoms with Gasteiger partial charge in [0.1, 0.15) is 0 Å². The summed E-state index contributed by atoms with van der Waals surface area (Å²) in [6.07, 6.45) is 2.10. The molecule has 0 radical (unpaired) electrons. The van der Waals surface area contributed by atoms with Crippen LogP contribution in [0, 0.1) is 0 Å². The molecule has 0 atom stereocenters. The minimum atomic E-state index is -0.957. The van der Waals surface area contributed by atoms with Gasteiger partial charge in [-0.2, -0.15) is 0 Å². The topological polar surface area (TPSA) is 67.8 Å². The van der Waals surface area contributed by atoms with E-state index in [9.17, 15) is 4.79 Å². The van der Waals surface area contributed by atoms with Crippen LogP contribution in [0.2, 0.25) is 0 Å². The van der Waals surface area contributed by atoms with Crippen molar-refractivity contribution in [2.75, 3.05) is 13.2 Å². The summed E-state index contributed by atoms with van der Waals surface area (Å²) in [6, 6.07) is 0. The molecule has 86 valence electrons. The summed E-state index contributed by atoms with van der Waals surface area (Å²) in [5, 5.41) is 11.3.